The molecule has 94 valence electrons. The number of halogens is 1. The van der Waals surface area contributed by atoms with Crippen LogP contribution in [0.3, 0.4) is 0 Å². The fourth-order valence-corrected chi connectivity index (χ4v) is 2.97. The third-order valence-electron chi connectivity index (χ3n) is 3.68. The molecule has 0 spiro atoms. The van der Waals surface area contributed by atoms with E-state index < -0.39 is 5.60 Å². The molecule has 3 rings (SSSR count). The lowest BCUT2D eigenvalue weighted by Crippen LogP contribution is -2.32. The molecule has 1 aliphatic carbocycles. The van der Waals surface area contributed by atoms with Crippen LogP contribution in [0.4, 0.5) is 0 Å². The lowest BCUT2D eigenvalue weighted by atomic mass is 9.79. The summed E-state index contributed by atoms with van der Waals surface area (Å²) < 4.78 is 5.43. The number of hydrogen-bond acceptors (Lipinski definition) is 2. The highest BCUT2D eigenvalue weighted by molar-refractivity contribution is 6.31. The molecule has 0 aliphatic heterocycles. The van der Waals surface area contributed by atoms with Crippen LogP contribution in [0, 0.1) is 0 Å². The molecule has 0 saturated heterocycles. The van der Waals surface area contributed by atoms with Gasteiger partial charge >= 0.3 is 0 Å². The van der Waals surface area contributed by atoms with Crippen LogP contribution in [0.25, 0.3) is 0 Å². The van der Waals surface area contributed by atoms with Gasteiger partial charge in [-0.1, -0.05) is 29.8 Å². The Morgan fingerprint density at radius 3 is 2.94 bits per heavy atom. The van der Waals surface area contributed by atoms with Crippen LogP contribution >= 0.6 is 11.6 Å². The maximum Gasteiger partial charge on any atom is 0.109 e. The van der Waals surface area contributed by atoms with E-state index in [0.717, 1.165) is 36.1 Å². The molecule has 3 heteroatoms. The van der Waals surface area contributed by atoms with Crippen LogP contribution in [-0.2, 0) is 18.4 Å². The van der Waals surface area contributed by atoms with Crippen LogP contribution in [0.2, 0.25) is 5.02 Å². The Bertz CT molecular complexity index is 561. The van der Waals surface area contributed by atoms with Gasteiger partial charge in [-0.25, -0.2) is 0 Å². The van der Waals surface area contributed by atoms with Gasteiger partial charge in [0.15, 0.2) is 0 Å². The summed E-state index contributed by atoms with van der Waals surface area (Å²) in [6.45, 7) is 0. The van der Waals surface area contributed by atoms with Crippen molar-refractivity contribution in [2.45, 2.75) is 31.3 Å². The van der Waals surface area contributed by atoms with Crippen LogP contribution in [0.15, 0.2) is 41.0 Å². The quantitative estimate of drug-likeness (QED) is 0.895. The molecule has 0 amide bonds. The van der Waals surface area contributed by atoms with Gasteiger partial charge in [0, 0.05) is 23.4 Å². The van der Waals surface area contributed by atoms with Crippen molar-refractivity contribution in [2.24, 2.45) is 0 Å². The van der Waals surface area contributed by atoms with Gasteiger partial charge in [0.2, 0.25) is 0 Å². The second kappa shape index (κ2) is 4.45. The number of aryl methyl sites for hydroxylation is 1. The smallest absolute Gasteiger partial charge is 0.109 e. The second-order valence-electron chi connectivity index (χ2n) is 4.91. The van der Waals surface area contributed by atoms with E-state index in [1.807, 2.05) is 30.3 Å². The van der Waals surface area contributed by atoms with E-state index >= 15 is 0 Å². The first-order valence-electron chi connectivity index (χ1n) is 6.22. The summed E-state index contributed by atoms with van der Waals surface area (Å²) in [6.07, 6.45) is 4.81. The van der Waals surface area contributed by atoms with Crippen LogP contribution < -0.4 is 0 Å². The molecule has 0 fully saturated rings. The normalized spacial score (nSPS) is 22.8. The molecular weight excluding hydrogens is 248 g/mol. The average molecular weight is 263 g/mol. The van der Waals surface area contributed by atoms with Gasteiger partial charge in [-0.05, 0) is 30.5 Å². The van der Waals surface area contributed by atoms with E-state index in [4.69, 9.17) is 16.0 Å². The minimum atomic E-state index is -0.842. The first kappa shape index (κ1) is 11.8. The zero-order valence-corrected chi connectivity index (χ0v) is 10.8. The fraction of sp³-hybridized carbons (Fsp3) is 0.333. The van der Waals surface area contributed by atoms with Gasteiger partial charge in [-0.3, -0.25) is 0 Å². The van der Waals surface area contributed by atoms with Crippen molar-refractivity contribution in [1.29, 1.82) is 0 Å². The highest BCUT2D eigenvalue weighted by Crippen LogP contribution is 2.39. The Labute approximate surface area is 111 Å². The molecule has 1 unspecified atom stereocenters. The van der Waals surface area contributed by atoms with Crippen molar-refractivity contribution in [3.05, 3.63) is 58.5 Å². The van der Waals surface area contributed by atoms with E-state index in [0.29, 0.717) is 11.4 Å². The zero-order chi connectivity index (χ0) is 12.6. The Morgan fingerprint density at radius 2 is 2.11 bits per heavy atom. The number of hydrogen-bond donors (Lipinski definition) is 1. The second-order valence-corrected chi connectivity index (χ2v) is 5.32. The van der Waals surface area contributed by atoms with Crippen LogP contribution in [-0.4, -0.2) is 5.11 Å². The summed E-state index contributed by atoms with van der Waals surface area (Å²) in [5, 5.41) is 11.6. The molecule has 0 saturated carbocycles. The van der Waals surface area contributed by atoms with Gasteiger partial charge in [0.25, 0.3) is 0 Å². The Hall–Kier alpha value is -1.25. The minimum Gasteiger partial charge on any atom is -0.469 e. The molecule has 0 radical (unpaired) electrons. The highest BCUT2D eigenvalue weighted by atomic mass is 35.5. The third kappa shape index (κ3) is 1.96. The molecule has 1 aromatic carbocycles. The van der Waals surface area contributed by atoms with E-state index in [-0.39, 0.29) is 0 Å². The van der Waals surface area contributed by atoms with Gasteiger partial charge in [0.1, 0.15) is 5.76 Å². The molecular formula is C15H15ClO2. The third-order valence-corrected chi connectivity index (χ3v) is 4.05. The zero-order valence-electron chi connectivity index (χ0n) is 10.0. The van der Waals surface area contributed by atoms with Gasteiger partial charge < -0.3 is 9.52 Å². The number of furan rings is 1. The van der Waals surface area contributed by atoms with Crippen molar-refractivity contribution >= 4 is 11.6 Å². The average Bonchev–Trinajstić information content (AvgIpc) is 2.82. The highest BCUT2D eigenvalue weighted by Gasteiger charge is 2.36. The van der Waals surface area contributed by atoms with Crippen molar-refractivity contribution in [3.8, 4) is 0 Å². The van der Waals surface area contributed by atoms with Crippen molar-refractivity contribution in [2.75, 3.05) is 0 Å². The van der Waals surface area contributed by atoms with Crippen molar-refractivity contribution < 1.29 is 9.52 Å². The Balaban J connectivity index is 1.96. The summed E-state index contributed by atoms with van der Waals surface area (Å²) in [6, 6.07) is 9.56. The maximum absolute atomic E-state index is 10.9. The number of benzene rings is 1. The van der Waals surface area contributed by atoms with Crippen LogP contribution in [0.1, 0.15) is 29.7 Å². The fourth-order valence-electron chi connectivity index (χ4n) is 2.77. The van der Waals surface area contributed by atoms with Crippen molar-refractivity contribution in [3.63, 3.8) is 0 Å². The van der Waals surface area contributed by atoms with Gasteiger partial charge in [-0.15, -0.1) is 0 Å². The molecule has 2 aromatic rings. The van der Waals surface area contributed by atoms with Crippen molar-refractivity contribution in [1.82, 2.24) is 0 Å². The summed E-state index contributed by atoms with van der Waals surface area (Å²) in [5.74, 6) is 0.913. The standard InChI is InChI=1S/C15H15ClO2/c16-13-5-2-1-4-11(13)10-15(17)8-3-6-14-12(15)7-9-18-14/h1-2,4-5,7,9,17H,3,6,8,10H2. The number of rotatable bonds is 2. The topological polar surface area (TPSA) is 33.4 Å². The van der Waals surface area contributed by atoms with E-state index in [1.165, 1.54) is 0 Å². The van der Waals surface area contributed by atoms with Gasteiger partial charge in [0.05, 0.1) is 11.9 Å². The molecule has 2 nitrogen and oxygen atoms in total. The summed E-state index contributed by atoms with van der Waals surface area (Å²) in [4.78, 5) is 0. The molecule has 1 aliphatic rings. The summed E-state index contributed by atoms with van der Waals surface area (Å²) in [7, 11) is 0. The number of fused-ring (bicyclic) bond motifs is 1. The Morgan fingerprint density at radius 1 is 1.28 bits per heavy atom. The molecule has 1 N–H and O–H groups in total. The van der Waals surface area contributed by atoms with E-state index in [2.05, 4.69) is 0 Å². The van der Waals surface area contributed by atoms with E-state index in [9.17, 15) is 5.11 Å². The predicted molar refractivity (Wildman–Crippen MR) is 70.7 cm³/mol. The maximum atomic E-state index is 10.9. The predicted octanol–water partition coefficient (Wildman–Crippen LogP) is 3.70. The largest absolute Gasteiger partial charge is 0.469 e. The molecule has 18 heavy (non-hydrogen) atoms. The summed E-state index contributed by atoms with van der Waals surface area (Å²) in [5.41, 5.74) is 1.07. The van der Waals surface area contributed by atoms with Crippen LogP contribution in [0.5, 0.6) is 0 Å². The molecule has 1 aromatic heterocycles. The van der Waals surface area contributed by atoms with Gasteiger partial charge in [-0.2, -0.15) is 0 Å². The first-order valence-corrected chi connectivity index (χ1v) is 6.59. The lowest BCUT2D eigenvalue weighted by molar-refractivity contribution is 0.0169. The number of aliphatic hydroxyl groups is 1. The molecule has 1 atom stereocenters. The Kier molecular flexibility index (Phi) is 2.92. The molecule has 1 heterocycles. The minimum absolute atomic E-state index is 0.541. The SMILES string of the molecule is OC1(Cc2ccccc2Cl)CCCc2occc21. The molecule has 0 bridgehead atoms. The summed E-state index contributed by atoms with van der Waals surface area (Å²) >= 11 is 6.17. The monoisotopic (exact) mass is 262 g/mol. The first-order chi connectivity index (χ1) is 8.69. The van der Waals surface area contributed by atoms with E-state index in [1.54, 1.807) is 6.26 Å². The lowest BCUT2D eigenvalue weighted by Gasteiger charge is -2.32.